The van der Waals surface area contributed by atoms with Crippen molar-refractivity contribution < 1.29 is 14.9 Å². The number of para-hydroxylation sites is 1. The third kappa shape index (κ3) is 4.70. The van der Waals surface area contributed by atoms with Gasteiger partial charge in [0.2, 0.25) is 0 Å². The molecule has 1 heterocycles. The number of rotatable bonds is 9. The van der Waals surface area contributed by atoms with Gasteiger partial charge in [-0.1, -0.05) is 19.9 Å². The van der Waals surface area contributed by atoms with Gasteiger partial charge in [-0.25, -0.2) is 5.48 Å². The van der Waals surface area contributed by atoms with Gasteiger partial charge >= 0.3 is 0 Å². The Labute approximate surface area is 153 Å². The van der Waals surface area contributed by atoms with Gasteiger partial charge in [-0.15, -0.1) is 0 Å². The van der Waals surface area contributed by atoms with Crippen molar-refractivity contribution in [2.45, 2.75) is 33.1 Å². The van der Waals surface area contributed by atoms with E-state index in [-0.39, 0.29) is 11.3 Å². The van der Waals surface area contributed by atoms with Crippen molar-refractivity contribution in [2.24, 2.45) is 5.92 Å². The molecule has 26 heavy (non-hydrogen) atoms. The first-order chi connectivity index (χ1) is 12.5. The van der Waals surface area contributed by atoms with Crippen LogP contribution < -0.4 is 10.4 Å². The Hall–Kier alpha value is -2.19. The number of nitrogens with one attached hydrogen (secondary N) is 1. The van der Waals surface area contributed by atoms with E-state index in [1.165, 1.54) is 18.2 Å². The van der Waals surface area contributed by atoms with Gasteiger partial charge in [-0.3, -0.25) is 20.1 Å². The molecule has 144 valence electrons. The van der Waals surface area contributed by atoms with Crippen molar-refractivity contribution in [1.82, 2.24) is 10.4 Å². The van der Waals surface area contributed by atoms with Crippen molar-refractivity contribution >= 4 is 17.3 Å². The first-order valence-corrected chi connectivity index (χ1v) is 9.20. The molecule has 1 unspecified atom stereocenters. The lowest BCUT2D eigenvalue weighted by Gasteiger charge is -2.22. The van der Waals surface area contributed by atoms with Crippen molar-refractivity contribution in [3.05, 3.63) is 33.9 Å². The molecule has 0 saturated carbocycles. The molecule has 0 spiro atoms. The quantitative estimate of drug-likeness (QED) is 0.397. The van der Waals surface area contributed by atoms with Crippen molar-refractivity contribution in [3.8, 4) is 0 Å². The second-order valence-corrected chi connectivity index (χ2v) is 6.64. The molecule has 1 fully saturated rings. The minimum absolute atomic E-state index is 0.102. The van der Waals surface area contributed by atoms with E-state index in [4.69, 9.17) is 5.21 Å². The lowest BCUT2D eigenvalue weighted by molar-refractivity contribution is -0.384. The predicted molar refractivity (Wildman–Crippen MR) is 99.7 cm³/mol. The van der Waals surface area contributed by atoms with Crippen molar-refractivity contribution in [1.29, 1.82) is 0 Å². The number of nitro groups is 1. The van der Waals surface area contributed by atoms with Crippen LogP contribution in [0.3, 0.4) is 0 Å². The topological polar surface area (TPSA) is 99.0 Å². The van der Waals surface area contributed by atoms with E-state index in [0.717, 1.165) is 38.9 Å². The van der Waals surface area contributed by atoms with Crippen LogP contribution in [0.1, 0.15) is 43.5 Å². The number of nitro benzene ring substituents is 1. The molecule has 2 rings (SSSR count). The zero-order valence-corrected chi connectivity index (χ0v) is 15.5. The molecule has 1 saturated heterocycles. The van der Waals surface area contributed by atoms with E-state index in [2.05, 4.69) is 18.7 Å². The van der Waals surface area contributed by atoms with Gasteiger partial charge in [0.15, 0.2) is 0 Å². The minimum atomic E-state index is -0.728. The van der Waals surface area contributed by atoms with Crippen LogP contribution in [0.4, 0.5) is 11.4 Å². The molecule has 1 aliphatic rings. The Morgan fingerprint density at radius 2 is 2.15 bits per heavy atom. The van der Waals surface area contributed by atoms with Gasteiger partial charge in [-0.05, 0) is 50.9 Å². The largest absolute Gasteiger partial charge is 0.365 e. The summed E-state index contributed by atoms with van der Waals surface area (Å²) in [7, 11) is 0. The maximum absolute atomic E-state index is 11.9. The van der Waals surface area contributed by atoms with Crippen LogP contribution in [-0.2, 0) is 0 Å². The molecular formula is C18H28N4O4. The second-order valence-electron chi connectivity index (χ2n) is 6.64. The van der Waals surface area contributed by atoms with E-state index < -0.39 is 10.8 Å². The number of hydrogen-bond acceptors (Lipinski definition) is 6. The monoisotopic (exact) mass is 364 g/mol. The van der Waals surface area contributed by atoms with Gasteiger partial charge < -0.3 is 9.80 Å². The number of hydrogen-bond donors (Lipinski definition) is 2. The third-order valence-corrected chi connectivity index (χ3v) is 5.14. The predicted octanol–water partition coefficient (Wildman–Crippen LogP) is 2.66. The summed E-state index contributed by atoms with van der Waals surface area (Å²) in [4.78, 5) is 27.2. The van der Waals surface area contributed by atoms with Gasteiger partial charge in [0.1, 0.15) is 5.69 Å². The summed E-state index contributed by atoms with van der Waals surface area (Å²) >= 11 is 0. The molecule has 1 aromatic carbocycles. The fraction of sp³-hybridized carbons (Fsp3) is 0.611. The Morgan fingerprint density at radius 3 is 2.77 bits per heavy atom. The van der Waals surface area contributed by atoms with E-state index in [1.807, 2.05) is 4.90 Å². The Morgan fingerprint density at radius 1 is 1.42 bits per heavy atom. The average molecular weight is 364 g/mol. The molecule has 8 heteroatoms. The zero-order chi connectivity index (χ0) is 19.1. The molecule has 0 radical (unpaired) electrons. The summed E-state index contributed by atoms with van der Waals surface area (Å²) in [6.07, 6.45) is 3.11. The summed E-state index contributed by atoms with van der Waals surface area (Å²) in [5.74, 6) is -0.274. The van der Waals surface area contributed by atoms with Crippen LogP contribution in [0.2, 0.25) is 0 Å². The fourth-order valence-corrected chi connectivity index (χ4v) is 3.67. The highest BCUT2D eigenvalue weighted by molar-refractivity contribution is 6.01. The van der Waals surface area contributed by atoms with Crippen LogP contribution in [0.5, 0.6) is 0 Å². The number of anilines is 1. The molecule has 1 aliphatic heterocycles. The third-order valence-electron chi connectivity index (χ3n) is 5.14. The number of hydroxylamine groups is 1. The Bertz CT molecular complexity index is 634. The maximum atomic E-state index is 11.9. The molecule has 1 amide bonds. The first-order valence-electron chi connectivity index (χ1n) is 9.20. The number of benzene rings is 1. The number of amides is 1. The summed E-state index contributed by atoms with van der Waals surface area (Å²) in [6, 6.07) is 4.36. The second kappa shape index (κ2) is 9.49. The highest BCUT2D eigenvalue weighted by Crippen LogP contribution is 2.36. The summed E-state index contributed by atoms with van der Waals surface area (Å²) < 4.78 is 0. The molecule has 0 bridgehead atoms. The Kier molecular flexibility index (Phi) is 7.35. The molecule has 0 aliphatic carbocycles. The minimum Gasteiger partial charge on any atom is -0.365 e. The number of carbonyl (C=O) groups excluding carboxylic acids is 1. The van der Waals surface area contributed by atoms with Gasteiger partial charge in [-0.2, -0.15) is 0 Å². The van der Waals surface area contributed by atoms with Crippen LogP contribution in [0.15, 0.2) is 18.2 Å². The van der Waals surface area contributed by atoms with Crippen LogP contribution in [0, 0.1) is 16.0 Å². The lowest BCUT2D eigenvalue weighted by Crippen LogP contribution is -2.27. The van der Waals surface area contributed by atoms with Crippen molar-refractivity contribution in [3.63, 3.8) is 0 Å². The SMILES string of the molecule is CCN(CC)CCCC1CCN(c2c(C(=O)NO)cccc2[N+](=O)[O-])C1. The molecule has 0 aromatic heterocycles. The van der Waals surface area contributed by atoms with Crippen molar-refractivity contribution in [2.75, 3.05) is 37.6 Å². The highest BCUT2D eigenvalue weighted by Gasteiger charge is 2.31. The number of carbonyl (C=O) groups is 1. The van der Waals surface area contributed by atoms with E-state index in [0.29, 0.717) is 24.7 Å². The summed E-state index contributed by atoms with van der Waals surface area (Å²) in [6.45, 7) is 8.83. The first kappa shape index (κ1) is 20.1. The van der Waals surface area contributed by atoms with Crippen LogP contribution >= 0.6 is 0 Å². The fourth-order valence-electron chi connectivity index (χ4n) is 3.67. The van der Waals surface area contributed by atoms with Crippen LogP contribution in [-0.4, -0.2) is 53.7 Å². The molecule has 8 nitrogen and oxygen atoms in total. The average Bonchev–Trinajstić information content (AvgIpc) is 3.12. The molecule has 1 atom stereocenters. The highest BCUT2D eigenvalue weighted by atomic mass is 16.6. The zero-order valence-electron chi connectivity index (χ0n) is 15.5. The smallest absolute Gasteiger partial charge is 0.293 e. The van der Waals surface area contributed by atoms with Gasteiger partial charge in [0, 0.05) is 19.2 Å². The normalized spacial score (nSPS) is 16.9. The van der Waals surface area contributed by atoms with E-state index in [1.54, 1.807) is 5.48 Å². The van der Waals surface area contributed by atoms with E-state index >= 15 is 0 Å². The summed E-state index contributed by atoms with van der Waals surface area (Å²) in [5, 5.41) is 20.4. The van der Waals surface area contributed by atoms with Gasteiger partial charge in [0.25, 0.3) is 11.6 Å². The molecular weight excluding hydrogens is 336 g/mol. The van der Waals surface area contributed by atoms with E-state index in [9.17, 15) is 14.9 Å². The maximum Gasteiger partial charge on any atom is 0.293 e. The molecule has 2 N–H and O–H groups in total. The lowest BCUT2D eigenvalue weighted by atomic mass is 10.0. The van der Waals surface area contributed by atoms with Crippen LogP contribution in [0.25, 0.3) is 0 Å². The standard InChI is InChI=1S/C18H28N4O4/c1-3-20(4-2)11-6-7-14-10-12-21(13-14)17-15(18(23)19-24)8-5-9-16(17)22(25)26/h5,8-9,14,24H,3-4,6-7,10-13H2,1-2H3,(H,19,23). The molecule has 1 aromatic rings. The summed E-state index contributed by atoms with van der Waals surface area (Å²) in [5.41, 5.74) is 1.92. The Balaban J connectivity index is 2.09. The number of nitrogens with zero attached hydrogens (tertiary/aromatic N) is 3. The van der Waals surface area contributed by atoms with Gasteiger partial charge in [0.05, 0.1) is 10.5 Å².